The van der Waals surface area contributed by atoms with Gasteiger partial charge in [0.25, 0.3) is 5.91 Å². The Hall–Kier alpha value is -3.96. The van der Waals surface area contributed by atoms with Gasteiger partial charge in [0, 0.05) is 0 Å². The van der Waals surface area contributed by atoms with Crippen molar-refractivity contribution < 1.29 is 41.4 Å². The normalized spacial score (nSPS) is 17.6. The number of benzene rings is 2. The molecule has 3 rings (SSSR count). The topological polar surface area (TPSA) is 97.3 Å². The number of alkyl carbamates (subject to hydrolysis) is 1. The minimum Gasteiger partial charge on any atom is -0.459 e. The standard InChI is InChI=1S/C35H45F4N3O5/c1-9-10-11-28(23-12-17-27(35(37,38)39)26(20-23)29(43)46-22(4)5)42-30(44)34(19-18-21(2)3,24-13-15-25(36)16-14-24)41-31(42)40-32(45)47-33(6,7)8/h12-17,20-22,28H,9-11,18-19H2,1-8H3,(H,40,41,45)/t28?,34-/m1/s1. The first-order chi connectivity index (χ1) is 21.8. The summed E-state index contributed by atoms with van der Waals surface area (Å²) >= 11 is 0. The zero-order chi connectivity index (χ0) is 35.3. The van der Waals surface area contributed by atoms with Gasteiger partial charge in [-0.05, 0) is 95.2 Å². The molecule has 2 amide bonds. The Morgan fingerprint density at radius 3 is 2.17 bits per heavy atom. The van der Waals surface area contributed by atoms with Gasteiger partial charge in [0.15, 0.2) is 5.54 Å². The van der Waals surface area contributed by atoms with Crippen LogP contribution >= 0.6 is 0 Å². The molecule has 2 aromatic rings. The van der Waals surface area contributed by atoms with Crippen LogP contribution in [0.2, 0.25) is 0 Å². The minimum atomic E-state index is -4.86. The van der Waals surface area contributed by atoms with Crippen LogP contribution in [0.15, 0.2) is 47.5 Å². The van der Waals surface area contributed by atoms with Crippen molar-refractivity contribution in [1.82, 2.24) is 10.2 Å². The fourth-order valence-electron chi connectivity index (χ4n) is 5.37. The van der Waals surface area contributed by atoms with Gasteiger partial charge in [-0.25, -0.2) is 19.0 Å². The van der Waals surface area contributed by atoms with Crippen molar-refractivity contribution >= 4 is 23.9 Å². The number of esters is 1. The lowest BCUT2D eigenvalue weighted by molar-refractivity contribution is -0.138. The molecule has 0 radical (unpaired) electrons. The highest BCUT2D eigenvalue weighted by atomic mass is 19.4. The van der Waals surface area contributed by atoms with Crippen molar-refractivity contribution in [3.8, 4) is 0 Å². The van der Waals surface area contributed by atoms with Gasteiger partial charge < -0.3 is 9.47 Å². The lowest BCUT2D eigenvalue weighted by Crippen LogP contribution is -2.49. The van der Waals surface area contributed by atoms with E-state index >= 15 is 0 Å². The third-order valence-electron chi connectivity index (χ3n) is 7.55. The molecule has 1 heterocycles. The third-order valence-corrected chi connectivity index (χ3v) is 7.55. The molecule has 0 saturated carbocycles. The van der Waals surface area contributed by atoms with Crippen molar-refractivity contribution in [2.45, 2.75) is 117 Å². The lowest BCUT2D eigenvalue weighted by atomic mass is 9.83. The monoisotopic (exact) mass is 663 g/mol. The predicted molar refractivity (Wildman–Crippen MR) is 170 cm³/mol. The second kappa shape index (κ2) is 14.9. The van der Waals surface area contributed by atoms with E-state index in [9.17, 15) is 31.9 Å². The summed E-state index contributed by atoms with van der Waals surface area (Å²) in [6.07, 6.45) is -4.24. The number of nitrogens with one attached hydrogen (secondary N) is 1. The average Bonchev–Trinajstić information content (AvgIpc) is 3.21. The SMILES string of the molecule is CCCCC(c1ccc(C(F)(F)F)c(C(=O)OC(C)C)c1)N1C(=O)[C@@](CCC(C)C)(c2ccc(F)cc2)N=C1NC(=O)OC(C)(C)C. The predicted octanol–water partition coefficient (Wildman–Crippen LogP) is 8.70. The lowest BCUT2D eigenvalue weighted by Gasteiger charge is -2.33. The summed E-state index contributed by atoms with van der Waals surface area (Å²) < 4.78 is 66.9. The highest BCUT2D eigenvalue weighted by molar-refractivity contribution is 6.11. The number of ether oxygens (including phenoxy) is 2. The summed E-state index contributed by atoms with van der Waals surface area (Å²) in [4.78, 5) is 47.0. The number of hydrogen-bond donors (Lipinski definition) is 1. The van der Waals surface area contributed by atoms with Crippen molar-refractivity contribution in [2.24, 2.45) is 10.9 Å². The molecule has 1 aliphatic heterocycles. The van der Waals surface area contributed by atoms with Gasteiger partial charge in [-0.2, -0.15) is 13.2 Å². The maximum absolute atomic E-state index is 14.8. The Balaban J connectivity index is 2.29. The summed E-state index contributed by atoms with van der Waals surface area (Å²) in [5.74, 6) is -2.24. The van der Waals surface area contributed by atoms with Crippen LogP contribution in [0, 0.1) is 11.7 Å². The van der Waals surface area contributed by atoms with Crippen LogP contribution in [0.5, 0.6) is 0 Å². The molecule has 8 nitrogen and oxygen atoms in total. The van der Waals surface area contributed by atoms with Gasteiger partial charge in [-0.3, -0.25) is 15.0 Å². The first kappa shape index (κ1) is 37.5. The second-order valence-corrected chi connectivity index (χ2v) is 13.5. The fraction of sp³-hybridized carbons (Fsp3) is 0.543. The van der Waals surface area contributed by atoms with E-state index in [-0.39, 0.29) is 30.3 Å². The maximum atomic E-state index is 14.8. The van der Waals surface area contributed by atoms with Crippen LogP contribution in [0.25, 0.3) is 0 Å². The number of guanidine groups is 1. The number of rotatable bonds is 11. The Bertz CT molecular complexity index is 1470. The van der Waals surface area contributed by atoms with E-state index in [4.69, 9.17) is 14.5 Å². The first-order valence-corrected chi connectivity index (χ1v) is 15.9. The molecule has 258 valence electrons. The molecule has 0 saturated heterocycles. The van der Waals surface area contributed by atoms with E-state index in [0.717, 1.165) is 12.1 Å². The number of halogens is 4. The fourth-order valence-corrected chi connectivity index (χ4v) is 5.37. The van der Waals surface area contributed by atoms with Gasteiger partial charge >= 0.3 is 18.2 Å². The van der Waals surface area contributed by atoms with Crippen molar-refractivity contribution in [3.05, 3.63) is 70.5 Å². The highest BCUT2D eigenvalue weighted by Gasteiger charge is 2.52. The zero-order valence-corrected chi connectivity index (χ0v) is 28.3. The summed E-state index contributed by atoms with van der Waals surface area (Å²) in [5.41, 5.74) is -3.75. The minimum absolute atomic E-state index is 0.145. The van der Waals surface area contributed by atoms with Gasteiger partial charge in [0.05, 0.1) is 23.3 Å². The molecule has 2 atom stereocenters. The smallest absolute Gasteiger partial charge is 0.417 e. The molecule has 2 aromatic carbocycles. The number of carbonyl (C=O) groups excluding carboxylic acids is 3. The largest absolute Gasteiger partial charge is 0.459 e. The summed E-state index contributed by atoms with van der Waals surface area (Å²) in [7, 11) is 0. The Kier molecular flexibility index (Phi) is 11.9. The summed E-state index contributed by atoms with van der Waals surface area (Å²) in [6, 6.07) is 7.53. The molecule has 0 fully saturated rings. The van der Waals surface area contributed by atoms with E-state index in [0.29, 0.717) is 24.8 Å². The van der Waals surface area contributed by atoms with E-state index in [1.807, 2.05) is 20.8 Å². The quantitative estimate of drug-likeness (QED) is 0.192. The molecule has 47 heavy (non-hydrogen) atoms. The molecule has 0 spiro atoms. The molecule has 0 aromatic heterocycles. The number of hydrogen-bond acceptors (Lipinski definition) is 6. The van der Waals surface area contributed by atoms with Crippen LogP contribution in [0.4, 0.5) is 22.4 Å². The van der Waals surface area contributed by atoms with E-state index in [1.54, 1.807) is 20.8 Å². The van der Waals surface area contributed by atoms with E-state index < -0.39 is 64.4 Å². The maximum Gasteiger partial charge on any atom is 0.417 e. The van der Waals surface area contributed by atoms with Crippen molar-refractivity contribution in [1.29, 1.82) is 0 Å². The third kappa shape index (κ3) is 9.32. The Morgan fingerprint density at radius 2 is 1.64 bits per heavy atom. The number of alkyl halides is 3. The van der Waals surface area contributed by atoms with Crippen LogP contribution in [0.3, 0.4) is 0 Å². The number of carbonyl (C=O) groups is 3. The molecule has 1 unspecified atom stereocenters. The Morgan fingerprint density at radius 1 is 1.00 bits per heavy atom. The molecule has 1 N–H and O–H groups in total. The molecular weight excluding hydrogens is 618 g/mol. The van der Waals surface area contributed by atoms with Crippen LogP contribution in [-0.4, -0.2) is 40.5 Å². The van der Waals surface area contributed by atoms with E-state index in [1.165, 1.54) is 49.1 Å². The van der Waals surface area contributed by atoms with Crippen LogP contribution in [-0.2, 0) is 26.0 Å². The van der Waals surface area contributed by atoms with Crippen LogP contribution in [0.1, 0.15) is 121 Å². The number of unbranched alkanes of at least 4 members (excludes halogenated alkanes) is 1. The van der Waals surface area contributed by atoms with Gasteiger partial charge in [0.1, 0.15) is 11.4 Å². The molecule has 1 aliphatic rings. The van der Waals surface area contributed by atoms with Gasteiger partial charge in [-0.1, -0.05) is 51.8 Å². The highest BCUT2D eigenvalue weighted by Crippen LogP contribution is 2.44. The van der Waals surface area contributed by atoms with Gasteiger partial charge in [-0.15, -0.1) is 0 Å². The van der Waals surface area contributed by atoms with Crippen molar-refractivity contribution in [2.75, 3.05) is 0 Å². The van der Waals surface area contributed by atoms with Gasteiger partial charge in [0.2, 0.25) is 5.96 Å². The molecule has 12 heteroatoms. The average molecular weight is 664 g/mol. The molecular formula is C35H45F4N3O5. The number of amides is 2. The van der Waals surface area contributed by atoms with Crippen LogP contribution < -0.4 is 5.32 Å². The Labute approximate surface area is 273 Å². The summed E-state index contributed by atoms with van der Waals surface area (Å²) in [5, 5.41) is 2.61. The summed E-state index contributed by atoms with van der Waals surface area (Å²) in [6.45, 7) is 13.9. The second-order valence-electron chi connectivity index (χ2n) is 13.5. The first-order valence-electron chi connectivity index (χ1n) is 15.9. The van der Waals surface area contributed by atoms with E-state index in [2.05, 4.69) is 5.32 Å². The number of nitrogens with zero attached hydrogens (tertiary/aromatic N) is 2. The molecule has 0 aliphatic carbocycles. The zero-order valence-electron chi connectivity index (χ0n) is 28.3. The van der Waals surface area contributed by atoms with Crippen molar-refractivity contribution in [3.63, 3.8) is 0 Å². The molecule has 0 bridgehead atoms. The number of aliphatic imine (C=N–C) groups is 1.